The van der Waals surface area contributed by atoms with E-state index in [-0.39, 0.29) is 12.3 Å². The van der Waals surface area contributed by atoms with Crippen molar-refractivity contribution < 1.29 is 17.6 Å². The number of nitrogens with one attached hydrogen (secondary N) is 2. The Bertz CT molecular complexity index is 789. The minimum absolute atomic E-state index is 0.314. The van der Waals surface area contributed by atoms with Crippen LogP contribution in [0.25, 0.3) is 0 Å². The summed E-state index contributed by atoms with van der Waals surface area (Å²) in [5.74, 6) is -1.21. The van der Waals surface area contributed by atoms with Gasteiger partial charge in [-0.2, -0.15) is 0 Å². The zero-order valence-corrected chi connectivity index (χ0v) is 13.4. The molecule has 2 rings (SSSR count). The molecule has 0 atom stereocenters. The normalized spacial score (nSPS) is 11.2. The van der Waals surface area contributed by atoms with Gasteiger partial charge in [0.15, 0.2) is 0 Å². The summed E-state index contributed by atoms with van der Waals surface area (Å²) in [5.41, 5.74) is 2.03. The van der Waals surface area contributed by atoms with Crippen LogP contribution in [0.4, 0.5) is 10.1 Å². The fourth-order valence-corrected chi connectivity index (χ4v) is 3.04. The van der Waals surface area contributed by atoms with Crippen LogP contribution in [0.5, 0.6) is 0 Å². The second-order valence-electron chi connectivity index (χ2n) is 5.12. The van der Waals surface area contributed by atoms with E-state index in [4.69, 9.17) is 0 Å². The van der Waals surface area contributed by atoms with Crippen molar-refractivity contribution in [3.05, 3.63) is 65.5 Å². The molecule has 0 fully saturated rings. The summed E-state index contributed by atoms with van der Waals surface area (Å²) in [5, 5.41) is 2.61. The molecule has 2 N–H and O–H groups in total. The summed E-state index contributed by atoms with van der Waals surface area (Å²) in [4.78, 5) is 11.8. The molecule has 122 valence electrons. The molecule has 0 radical (unpaired) electrons. The Labute approximate surface area is 134 Å². The van der Waals surface area contributed by atoms with Gasteiger partial charge in [-0.05, 0) is 42.3 Å². The number of rotatable bonds is 6. The van der Waals surface area contributed by atoms with Gasteiger partial charge in [-0.1, -0.05) is 24.3 Å². The maximum atomic E-state index is 12.8. The van der Waals surface area contributed by atoms with Crippen LogP contribution in [0.3, 0.4) is 0 Å². The van der Waals surface area contributed by atoms with Crippen LogP contribution in [-0.2, 0) is 20.6 Å². The molecule has 1 amide bonds. The predicted octanol–water partition coefficient (Wildman–Crippen LogP) is 2.19. The molecule has 0 aromatic heterocycles. The van der Waals surface area contributed by atoms with E-state index in [2.05, 4.69) is 10.0 Å². The van der Waals surface area contributed by atoms with Gasteiger partial charge >= 0.3 is 0 Å². The lowest BCUT2D eigenvalue weighted by molar-refractivity contribution is -0.115. The number of anilines is 1. The fourth-order valence-electron chi connectivity index (χ4n) is 1.95. The molecule has 0 spiro atoms. The van der Waals surface area contributed by atoms with Crippen molar-refractivity contribution in [3.8, 4) is 0 Å². The first-order valence-corrected chi connectivity index (χ1v) is 8.57. The van der Waals surface area contributed by atoms with Crippen molar-refractivity contribution in [2.45, 2.75) is 12.7 Å². The van der Waals surface area contributed by atoms with Gasteiger partial charge in [-0.25, -0.2) is 17.5 Å². The highest BCUT2D eigenvalue weighted by molar-refractivity contribution is 7.88. The van der Waals surface area contributed by atoms with Crippen molar-refractivity contribution in [2.24, 2.45) is 0 Å². The Kier molecular flexibility index (Phi) is 5.46. The Morgan fingerprint density at radius 2 is 1.83 bits per heavy atom. The van der Waals surface area contributed by atoms with E-state index in [0.29, 0.717) is 11.3 Å². The van der Waals surface area contributed by atoms with Crippen molar-refractivity contribution in [2.75, 3.05) is 11.9 Å². The molecule has 0 aliphatic heterocycles. The molecule has 5 nitrogen and oxygen atoms in total. The molecule has 2 aromatic carbocycles. The summed E-state index contributed by atoms with van der Waals surface area (Å²) in [6, 6.07) is 12.3. The van der Waals surface area contributed by atoms with Crippen LogP contribution < -0.4 is 10.0 Å². The smallest absolute Gasteiger partial charge is 0.239 e. The lowest BCUT2D eigenvalue weighted by Gasteiger charge is -2.08. The topological polar surface area (TPSA) is 75.3 Å². The Hall–Kier alpha value is -2.25. The predicted molar refractivity (Wildman–Crippen MR) is 86.8 cm³/mol. The molecule has 0 saturated heterocycles. The molecule has 0 aliphatic rings. The minimum atomic E-state index is -3.68. The van der Waals surface area contributed by atoms with Crippen molar-refractivity contribution in [1.82, 2.24) is 4.72 Å². The standard InChI is InChI=1S/C16H17FN2O3S/c1-12-3-2-4-15(9-12)19-16(20)10-18-23(21,22)11-13-5-7-14(17)8-6-13/h2-9,18H,10-11H2,1H3,(H,19,20). The highest BCUT2D eigenvalue weighted by Gasteiger charge is 2.13. The van der Waals surface area contributed by atoms with Crippen LogP contribution >= 0.6 is 0 Å². The second kappa shape index (κ2) is 7.34. The molecule has 2 aromatic rings. The quantitative estimate of drug-likeness (QED) is 0.849. The number of sulfonamides is 1. The van der Waals surface area contributed by atoms with E-state index in [1.807, 2.05) is 13.0 Å². The number of carbonyl (C=O) groups is 1. The summed E-state index contributed by atoms with van der Waals surface area (Å²) in [6.45, 7) is 1.53. The lowest BCUT2D eigenvalue weighted by Crippen LogP contribution is -2.33. The molecular weight excluding hydrogens is 319 g/mol. The Balaban J connectivity index is 1.88. The first-order chi connectivity index (χ1) is 10.8. The van der Waals surface area contributed by atoms with Crippen LogP contribution in [0.1, 0.15) is 11.1 Å². The van der Waals surface area contributed by atoms with Gasteiger partial charge in [0.05, 0.1) is 12.3 Å². The maximum absolute atomic E-state index is 12.8. The summed E-state index contributed by atoms with van der Waals surface area (Å²) in [6.07, 6.45) is 0. The average Bonchev–Trinajstić information content (AvgIpc) is 2.48. The van der Waals surface area contributed by atoms with E-state index in [9.17, 15) is 17.6 Å². The largest absolute Gasteiger partial charge is 0.325 e. The van der Waals surface area contributed by atoms with Gasteiger partial charge < -0.3 is 5.32 Å². The fraction of sp³-hybridized carbons (Fsp3) is 0.188. The summed E-state index contributed by atoms with van der Waals surface area (Å²) in [7, 11) is -3.68. The zero-order valence-electron chi connectivity index (χ0n) is 12.5. The highest BCUT2D eigenvalue weighted by atomic mass is 32.2. The van der Waals surface area contributed by atoms with Crippen LogP contribution in [-0.4, -0.2) is 20.9 Å². The molecule has 0 saturated carbocycles. The van der Waals surface area contributed by atoms with Gasteiger partial charge in [-0.3, -0.25) is 4.79 Å². The van der Waals surface area contributed by atoms with E-state index in [1.165, 1.54) is 24.3 Å². The Morgan fingerprint density at radius 1 is 1.13 bits per heavy atom. The third-order valence-corrected chi connectivity index (χ3v) is 4.32. The summed E-state index contributed by atoms with van der Waals surface area (Å²) < 4.78 is 38.8. The molecule has 0 bridgehead atoms. The number of amides is 1. The van der Waals surface area contributed by atoms with Gasteiger partial charge in [0.2, 0.25) is 15.9 Å². The van der Waals surface area contributed by atoms with Crippen LogP contribution in [0.2, 0.25) is 0 Å². The number of benzene rings is 2. The number of hydrogen-bond acceptors (Lipinski definition) is 3. The number of aryl methyl sites for hydroxylation is 1. The van der Waals surface area contributed by atoms with Gasteiger partial charge in [0.1, 0.15) is 5.82 Å². The number of carbonyl (C=O) groups excluding carboxylic acids is 1. The third kappa shape index (κ3) is 5.80. The van der Waals surface area contributed by atoms with E-state index >= 15 is 0 Å². The Morgan fingerprint density at radius 3 is 2.48 bits per heavy atom. The molecule has 0 unspecified atom stereocenters. The van der Waals surface area contributed by atoms with Crippen molar-refractivity contribution in [1.29, 1.82) is 0 Å². The first-order valence-electron chi connectivity index (χ1n) is 6.92. The van der Waals surface area contributed by atoms with Gasteiger partial charge in [-0.15, -0.1) is 0 Å². The van der Waals surface area contributed by atoms with E-state index < -0.39 is 21.7 Å². The maximum Gasteiger partial charge on any atom is 0.239 e. The van der Waals surface area contributed by atoms with Crippen LogP contribution in [0, 0.1) is 12.7 Å². The van der Waals surface area contributed by atoms with Crippen LogP contribution in [0.15, 0.2) is 48.5 Å². The van der Waals surface area contributed by atoms with Gasteiger partial charge in [0.25, 0.3) is 0 Å². The average molecular weight is 336 g/mol. The second-order valence-corrected chi connectivity index (χ2v) is 6.93. The highest BCUT2D eigenvalue weighted by Crippen LogP contribution is 2.09. The molecule has 0 aliphatic carbocycles. The van der Waals surface area contributed by atoms with Gasteiger partial charge in [0, 0.05) is 5.69 Å². The van der Waals surface area contributed by atoms with E-state index in [1.54, 1.807) is 18.2 Å². The van der Waals surface area contributed by atoms with Crippen molar-refractivity contribution >= 4 is 21.6 Å². The molecule has 23 heavy (non-hydrogen) atoms. The van der Waals surface area contributed by atoms with Crippen molar-refractivity contribution in [3.63, 3.8) is 0 Å². The number of hydrogen-bond donors (Lipinski definition) is 2. The SMILES string of the molecule is Cc1cccc(NC(=O)CNS(=O)(=O)Cc2ccc(F)cc2)c1. The monoisotopic (exact) mass is 336 g/mol. The first kappa shape index (κ1) is 17.1. The molecular formula is C16H17FN2O3S. The minimum Gasteiger partial charge on any atom is -0.325 e. The van der Waals surface area contributed by atoms with E-state index in [0.717, 1.165) is 5.56 Å². The summed E-state index contributed by atoms with van der Waals surface area (Å²) >= 11 is 0. The molecule has 7 heteroatoms. The third-order valence-electron chi connectivity index (χ3n) is 3.02. The lowest BCUT2D eigenvalue weighted by atomic mass is 10.2. The zero-order chi connectivity index (χ0) is 16.9. The molecule has 0 heterocycles. The number of halogens is 1.